The van der Waals surface area contributed by atoms with Gasteiger partial charge in [0.25, 0.3) is 5.91 Å². The highest BCUT2D eigenvalue weighted by Gasteiger charge is 2.66. The number of ether oxygens (including phenoxy) is 4. The van der Waals surface area contributed by atoms with Crippen molar-refractivity contribution in [3.8, 4) is 28.7 Å². The molecule has 4 aromatic rings. The zero-order valence-electron chi connectivity index (χ0n) is 24.9. The molecule has 1 N–H and O–H groups in total. The first-order valence-corrected chi connectivity index (χ1v) is 14.9. The Labute approximate surface area is 260 Å². The number of esters is 1. The maximum Gasteiger partial charge on any atom is 0.325 e. The van der Waals surface area contributed by atoms with E-state index in [0.717, 1.165) is 16.7 Å². The van der Waals surface area contributed by atoms with Gasteiger partial charge in [-0.15, -0.1) is 0 Å². The largest absolute Gasteiger partial charge is 0.497 e. The number of methoxy groups -OCH3 is 2. The molecule has 2 heterocycles. The molecule has 3 atom stereocenters. The minimum absolute atomic E-state index is 0.0883. The van der Waals surface area contributed by atoms with Gasteiger partial charge in [-0.25, -0.2) is 4.79 Å². The number of para-hydroxylation sites is 2. The van der Waals surface area contributed by atoms with E-state index < -0.39 is 29.4 Å². The second-order valence-electron chi connectivity index (χ2n) is 11.6. The molecule has 3 unspecified atom stereocenters. The van der Waals surface area contributed by atoms with E-state index in [0.29, 0.717) is 35.2 Å². The standard InChI is InChI=1S/C36H32N2O7/c1-42-23-13-11-22(12-14-23)21-38-34(40)36(37-35(38)41,30-19-28(30)33(39)44-25-17-15-24(43-2)16-18-25)20-29-26-7-3-5-9-31(26)45-32-10-6-4-8-27(29)32/h3-18,28-30H,19-21H2,1-2H3,(H,37,41). The molecule has 1 saturated carbocycles. The fraction of sp³-hybridized carbons (Fsp3) is 0.250. The van der Waals surface area contributed by atoms with E-state index in [-0.39, 0.29) is 24.8 Å². The second kappa shape index (κ2) is 11.3. The molecule has 228 valence electrons. The molecule has 2 fully saturated rings. The van der Waals surface area contributed by atoms with Crippen LogP contribution >= 0.6 is 0 Å². The second-order valence-corrected chi connectivity index (χ2v) is 11.6. The molecule has 4 aromatic carbocycles. The molecule has 3 amide bonds. The summed E-state index contributed by atoms with van der Waals surface area (Å²) >= 11 is 0. The lowest BCUT2D eigenvalue weighted by molar-refractivity contribution is -0.137. The number of nitrogens with one attached hydrogen (secondary N) is 1. The van der Waals surface area contributed by atoms with Gasteiger partial charge in [-0.05, 0) is 66.9 Å². The van der Waals surface area contributed by atoms with Crippen molar-refractivity contribution in [2.45, 2.75) is 30.8 Å². The lowest BCUT2D eigenvalue weighted by Gasteiger charge is -2.35. The predicted octanol–water partition coefficient (Wildman–Crippen LogP) is 6.06. The van der Waals surface area contributed by atoms with Crippen molar-refractivity contribution in [3.63, 3.8) is 0 Å². The van der Waals surface area contributed by atoms with Crippen LogP contribution in [0.25, 0.3) is 0 Å². The Morgan fingerprint density at radius 2 is 1.38 bits per heavy atom. The quantitative estimate of drug-likeness (QED) is 0.141. The first-order valence-electron chi connectivity index (χ1n) is 14.9. The Morgan fingerprint density at radius 3 is 1.98 bits per heavy atom. The van der Waals surface area contributed by atoms with Gasteiger partial charge in [0.15, 0.2) is 0 Å². The van der Waals surface area contributed by atoms with Gasteiger partial charge in [-0.1, -0.05) is 48.5 Å². The van der Waals surface area contributed by atoms with Crippen LogP contribution in [0.3, 0.4) is 0 Å². The third-order valence-corrected chi connectivity index (χ3v) is 9.04. The number of benzene rings is 4. The lowest BCUT2D eigenvalue weighted by atomic mass is 9.75. The molecular formula is C36H32N2O7. The van der Waals surface area contributed by atoms with Crippen molar-refractivity contribution in [3.05, 3.63) is 114 Å². The first-order chi connectivity index (χ1) is 21.9. The van der Waals surface area contributed by atoms with Crippen molar-refractivity contribution >= 4 is 17.9 Å². The predicted molar refractivity (Wildman–Crippen MR) is 164 cm³/mol. The first kappa shape index (κ1) is 28.5. The van der Waals surface area contributed by atoms with E-state index in [1.807, 2.05) is 60.7 Å². The maximum atomic E-state index is 14.6. The molecule has 0 bridgehead atoms. The molecular weight excluding hydrogens is 572 g/mol. The summed E-state index contributed by atoms with van der Waals surface area (Å²) in [5.41, 5.74) is 1.28. The number of imide groups is 1. The summed E-state index contributed by atoms with van der Waals surface area (Å²) in [7, 11) is 3.15. The van der Waals surface area contributed by atoms with Crippen LogP contribution in [-0.4, -0.2) is 42.6 Å². The average Bonchev–Trinajstić information content (AvgIpc) is 3.85. The zero-order chi connectivity index (χ0) is 31.1. The summed E-state index contributed by atoms with van der Waals surface area (Å²) in [6.45, 7) is 0.0883. The topological polar surface area (TPSA) is 103 Å². The van der Waals surface area contributed by atoms with Crippen LogP contribution in [-0.2, 0) is 16.1 Å². The maximum absolute atomic E-state index is 14.6. The number of hydrogen-bond acceptors (Lipinski definition) is 7. The van der Waals surface area contributed by atoms with Crippen LogP contribution in [0.2, 0.25) is 0 Å². The smallest absolute Gasteiger partial charge is 0.325 e. The Morgan fingerprint density at radius 1 is 0.822 bits per heavy atom. The number of carbonyl (C=O) groups excluding carboxylic acids is 3. The van der Waals surface area contributed by atoms with E-state index in [1.165, 1.54) is 4.90 Å². The Kier molecular flexibility index (Phi) is 7.16. The Balaban J connectivity index is 1.23. The number of hydrogen-bond donors (Lipinski definition) is 1. The summed E-state index contributed by atoms with van der Waals surface area (Å²) in [5, 5.41) is 3.09. The molecule has 9 nitrogen and oxygen atoms in total. The van der Waals surface area contributed by atoms with Gasteiger partial charge in [-0.3, -0.25) is 14.5 Å². The molecule has 2 aliphatic heterocycles. The minimum atomic E-state index is -1.34. The van der Waals surface area contributed by atoms with Crippen LogP contribution in [0.5, 0.6) is 28.7 Å². The molecule has 45 heavy (non-hydrogen) atoms. The van der Waals surface area contributed by atoms with Crippen molar-refractivity contribution < 1.29 is 33.3 Å². The van der Waals surface area contributed by atoms with Crippen LogP contribution in [0.15, 0.2) is 97.1 Å². The molecule has 0 aromatic heterocycles. The van der Waals surface area contributed by atoms with Crippen molar-refractivity contribution in [2.24, 2.45) is 11.8 Å². The summed E-state index contributed by atoms with van der Waals surface area (Å²) in [6.07, 6.45) is 0.662. The highest BCUT2D eigenvalue weighted by Crippen LogP contribution is 2.56. The Hall–Kier alpha value is -5.31. The molecule has 0 radical (unpaired) electrons. The molecule has 9 heteroatoms. The van der Waals surface area contributed by atoms with E-state index in [4.69, 9.17) is 18.9 Å². The Bertz CT molecular complexity index is 1730. The van der Waals surface area contributed by atoms with Crippen LogP contribution < -0.4 is 24.3 Å². The van der Waals surface area contributed by atoms with Crippen LogP contribution in [0, 0.1) is 11.8 Å². The summed E-state index contributed by atoms with van der Waals surface area (Å²) in [5.74, 6) is 1.03. The van der Waals surface area contributed by atoms with Gasteiger partial charge < -0.3 is 24.3 Å². The van der Waals surface area contributed by atoms with Crippen molar-refractivity contribution in [1.29, 1.82) is 0 Å². The number of carbonyl (C=O) groups is 3. The molecule has 7 rings (SSSR count). The molecule has 3 aliphatic rings. The number of rotatable bonds is 9. The number of nitrogens with zero attached hydrogens (tertiary/aromatic N) is 1. The van der Waals surface area contributed by atoms with Crippen LogP contribution in [0.4, 0.5) is 4.79 Å². The van der Waals surface area contributed by atoms with Gasteiger partial charge in [0.1, 0.15) is 34.3 Å². The van der Waals surface area contributed by atoms with E-state index in [2.05, 4.69) is 5.32 Å². The highest BCUT2D eigenvalue weighted by atomic mass is 16.5. The normalized spacial score (nSPS) is 21.7. The minimum Gasteiger partial charge on any atom is -0.497 e. The van der Waals surface area contributed by atoms with E-state index in [9.17, 15) is 14.4 Å². The van der Waals surface area contributed by atoms with Crippen molar-refractivity contribution in [1.82, 2.24) is 10.2 Å². The van der Waals surface area contributed by atoms with Gasteiger partial charge in [0.05, 0.1) is 26.7 Å². The van der Waals surface area contributed by atoms with Crippen molar-refractivity contribution in [2.75, 3.05) is 14.2 Å². The van der Waals surface area contributed by atoms with Crippen LogP contribution in [0.1, 0.15) is 35.4 Å². The average molecular weight is 605 g/mol. The molecule has 1 aliphatic carbocycles. The summed E-state index contributed by atoms with van der Waals surface area (Å²) in [4.78, 5) is 42.9. The summed E-state index contributed by atoms with van der Waals surface area (Å²) in [6, 6.07) is 29.0. The zero-order valence-corrected chi connectivity index (χ0v) is 24.9. The fourth-order valence-corrected chi connectivity index (χ4v) is 6.63. The van der Waals surface area contributed by atoms with Gasteiger partial charge >= 0.3 is 12.0 Å². The number of amides is 3. The van der Waals surface area contributed by atoms with Gasteiger partial charge in [0.2, 0.25) is 0 Å². The van der Waals surface area contributed by atoms with E-state index >= 15 is 0 Å². The third-order valence-electron chi connectivity index (χ3n) is 9.04. The molecule has 0 spiro atoms. The fourth-order valence-electron chi connectivity index (χ4n) is 6.63. The third kappa shape index (κ3) is 5.14. The SMILES string of the molecule is COc1ccc(CN2C(=O)NC(CC3c4ccccc4Oc4ccccc43)(C3CC3C(=O)Oc3ccc(OC)cc3)C2=O)cc1. The van der Waals surface area contributed by atoms with Gasteiger partial charge in [-0.2, -0.15) is 0 Å². The number of fused-ring (bicyclic) bond motifs is 2. The van der Waals surface area contributed by atoms with Gasteiger partial charge in [0, 0.05) is 23.0 Å². The summed E-state index contributed by atoms with van der Waals surface area (Å²) < 4.78 is 22.4. The van der Waals surface area contributed by atoms with E-state index in [1.54, 1.807) is 50.6 Å². The lowest BCUT2D eigenvalue weighted by Crippen LogP contribution is -2.51. The number of urea groups is 1. The monoisotopic (exact) mass is 604 g/mol. The molecule has 1 saturated heterocycles. The highest BCUT2D eigenvalue weighted by molar-refractivity contribution is 6.08.